The van der Waals surface area contributed by atoms with Crippen LogP contribution in [0.15, 0.2) is 24.3 Å². The molecule has 1 aromatic rings. The van der Waals surface area contributed by atoms with Gasteiger partial charge in [0.05, 0.1) is 0 Å². The maximum absolute atomic E-state index is 11.5. The summed E-state index contributed by atoms with van der Waals surface area (Å²) in [5, 5.41) is 8.58. The van der Waals surface area contributed by atoms with Gasteiger partial charge in [-0.15, -0.1) is 0 Å². The smallest absolute Gasteiger partial charge is 0.303 e. The molecule has 0 bridgehead atoms. The van der Waals surface area contributed by atoms with Crippen molar-refractivity contribution >= 4 is 11.9 Å². The van der Waals surface area contributed by atoms with E-state index in [0.717, 1.165) is 5.56 Å². The lowest BCUT2D eigenvalue weighted by molar-refractivity contribution is -0.138. The molecular formula is C14H19NO3. The van der Waals surface area contributed by atoms with Crippen LogP contribution in [0.3, 0.4) is 0 Å². The monoisotopic (exact) mass is 249 g/mol. The van der Waals surface area contributed by atoms with Crippen LogP contribution in [0.1, 0.15) is 30.9 Å². The van der Waals surface area contributed by atoms with Gasteiger partial charge < -0.3 is 10.0 Å². The van der Waals surface area contributed by atoms with Gasteiger partial charge in [-0.25, -0.2) is 0 Å². The molecule has 0 radical (unpaired) electrons. The zero-order valence-electron chi connectivity index (χ0n) is 10.8. The van der Waals surface area contributed by atoms with Gasteiger partial charge in [0.1, 0.15) is 0 Å². The van der Waals surface area contributed by atoms with Gasteiger partial charge >= 0.3 is 5.97 Å². The van der Waals surface area contributed by atoms with Crippen LogP contribution in [-0.4, -0.2) is 28.4 Å². The summed E-state index contributed by atoms with van der Waals surface area (Å²) in [5.41, 5.74) is 2.24. The Morgan fingerprint density at radius 3 is 2.33 bits per heavy atom. The molecule has 0 unspecified atom stereocenters. The van der Waals surface area contributed by atoms with Crippen LogP contribution in [0.25, 0.3) is 0 Å². The molecule has 1 aromatic carbocycles. The molecule has 4 nitrogen and oxygen atoms in total. The highest BCUT2D eigenvalue weighted by Gasteiger charge is 2.09. The number of carboxylic acid groups (broad SMARTS) is 1. The van der Waals surface area contributed by atoms with Crippen LogP contribution in [0.4, 0.5) is 0 Å². The number of rotatable bonds is 6. The van der Waals surface area contributed by atoms with E-state index in [1.807, 2.05) is 31.2 Å². The molecule has 18 heavy (non-hydrogen) atoms. The van der Waals surface area contributed by atoms with Gasteiger partial charge in [-0.05, 0) is 18.9 Å². The first-order valence-electron chi connectivity index (χ1n) is 6.02. The van der Waals surface area contributed by atoms with Crippen LogP contribution in [0.5, 0.6) is 0 Å². The van der Waals surface area contributed by atoms with E-state index in [1.54, 1.807) is 4.90 Å². The molecule has 4 heteroatoms. The minimum Gasteiger partial charge on any atom is -0.481 e. The van der Waals surface area contributed by atoms with Gasteiger partial charge in [0, 0.05) is 26.4 Å². The fraction of sp³-hybridized carbons (Fsp3) is 0.429. The minimum absolute atomic E-state index is 0.0269. The average Bonchev–Trinajstić information content (AvgIpc) is 2.30. The summed E-state index contributed by atoms with van der Waals surface area (Å²) in [6.07, 6.45) is 0.582. The van der Waals surface area contributed by atoms with Gasteiger partial charge in [-0.1, -0.05) is 29.8 Å². The summed E-state index contributed by atoms with van der Waals surface area (Å²) in [7, 11) is 0. The van der Waals surface area contributed by atoms with Crippen molar-refractivity contribution in [2.45, 2.75) is 33.2 Å². The highest BCUT2D eigenvalue weighted by Crippen LogP contribution is 2.08. The number of benzene rings is 1. The average molecular weight is 249 g/mol. The van der Waals surface area contributed by atoms with Crippen molar-refractivity contribution in [2.24, 2.45) is 0 Å². The summed E-state index contributed by atoms with van der Waals surface area (Å²) < 4.78 is 0. The Morgan fingerprint density at radius 1 is 1.22 bits per heavy atom. The van der Waals surface area contributed by atoms with E-state index in [1.165, 1.54) is 12.5 Å². The first kappa shape index (κ1) is 14.2. The normalized spacial score (nSPS) is 10.1. The zero-order valence-corrected chi connectivity index (χ0v) is 10.8. The first-order chi connectivity index (χ1) is 8.49. The Balaban J connectivity index is 2.54. The molecule has 0 fully saturated rings. The van der Waals surface area contributed by atoms with Gasteiger partial charge in [-0.2, -0.15) is 0 Å². The lowest BCUT2D eigenvalue weighted by atomic mass is 10.1. The van der Waals surface area contributed by atoms with Crippen LogP contribution >= 0.6 is 0 Å². The molecule has 0 aliphatic carbocycles. The van der Waals surface area contributed by atoms with Gasteiger partial charge in [0.25, 0.3) is 0 Å². The van der Waals surface area contributed by atoms with E-state index >= 15 is 0 Å². The van der Waals surface area contributed by atoms with Crippen molar-refractivity contribution in [2.75, 3.05) is 6.54 Å². The Bertz CT molecular complexity index is 412. The van der Waals surface area contributed by atoms with E-state index in [4.69, 9.17) is 5.11 Å². The second-order valence-electron chi connectivity index (χ2n) is 4.42. The molecule has 0 spiro atoms. The van der Waals surface area contributed by atoms with Gasteiger partial charge in [0.2, 0.25) is 5.91 Å². The summed E-state index contributed by atoms with van der Waals surface area (Å²) >= 11 is 0. The molecule has 0 saturated carbocycles. The van der Waals surface area contributed by atoms with E-state index in [2.05, 4.69) is 0 Å². The minimum atomic E-state index is -0.825. The fourth-order valence-corrected chi connectivity index (χ4v) is 1.68. The molecule has 0 aliphatic heterocycles. The quantitative estimate of drug-likeness (QED) is 0.841. The Hall–Kier alpha value is -1.84. The lowest BCUT2D eigenvalue weighted by Gasteiger charge is -2.20. The Labute approximate surface area is 107 Å². The van der Waals surface area contributed by atoms with Crippen molar-refractivity contribution in [3.05, 3.63) is 35.4 Å². The second-order valence-corrected chi connectivity index (χ2v) is 4.42. The summed E-state index contributed by atoms with van der Waals surface area (Å²) in [5.74, 6) is -0.852. The van der Waals surface area contributed by atoms with Crippen molar-refractivity contribution in [3.63, 3.8) is 0 Å². The lowest BCUT2D eigenvalue weighted by Crippen LogP contribution is -2.29. The van der Waals surface area contributed by atoms with E-state index in [0.29, 0.717) is 19.5 Å². The number of carbonyl (C=O) groups is 2. The molecule has 0 aliphatic rings. The molecular weight excluding hydrogens is 230 g/mol. The molecule has 98 valence electrons. The Morgan fingerprint density at radius 2 is 1.83 bits per heavy atom. The number of carboxylic acids is 1. The number of hydrogen-bond donors (Lipinski definition) is 1. The second kappa shape index (κ2) is 6.79. The predicted octanol–water partition coefficient (Wildman–Crippen LogP) is 2.21. The maximum Gasteiger partial charge on any atom is 0.303 e. The predicted molar refractivity (Wildman–Crippen MR) is 69.1 cm³/mol. The third-order valence-electron chi connectivity index (χ3n) is 2.76. The fourth-order valence-electron chi connectivity index (χ4n) is 1.68. The topological polar surface area (TPSA) is 57.6 Å². The van der Waals surface area contributed by atoms with Crippen molar-refractivity contribution in [1.82, 2.24) is 4.90 Å². The number of hydrogen-bond acceptors (Lipinski definition) is 2. The van der Waals surface area contributed by atoms with E-state index in [-0.39, 0.29) is 12.3 Å². The SMILES string of the molecule is CC(=O)N(CCCC(=O)O)Cc1ccc(C)cc1. The highest BCUT2D eigenvalue weighted by molar-refractivity contribution is 5.73. The van der Waals surface area contributed by atoms with E-state index < -0.39 is 5.97 Å². The highest BCUT2D eigenvalue weighted by atomic mass is 16.4. The van der Waals surface area contributed by atoms with Crippen LogP contribution in [-0.2, 0) is 16.1 Å². The van der Waals surface area contributed by atoms with Gasteiger partial charge in [0.15, 0.2) is 0 Å². The molecule has 0 heterocycles. The third-order valence-corrected chi connectivity index (χ3v) is 2.76. The summed E-state index contributed by atoms with van der Waals surface area (Å²) in [6, 6.07) is 7.99. The number of amides is 1. The number of carbonyl (C=O) groups excluding carboxylic acids is 1. The van der Waals surface area contributed by atoms with Crippen LogP contribution in [0, 0.1) is 6.92 Å². The summed E-state index contributed by atoms with van der Waals surface area (Å²) in [6.45, 7) is 4.54. The molecule has 1 rings (SSSR count). The number of nitrogens with zero attached hydrogens (tertiary/aromatic N) is 1. The van der Waals surface area contributed by atoms with Crippen molar-refractivity contribution in [3.8, 4) is 0 Å². The van der Waals surface area contributed by atoms with E-state index in [9.17, 15) is 9.59 Å². The maximum atomic E-state index is 11.5. The third kappa shape index (κ3) is 4.99. The van der Waals surface area contributed by atoms with Crippen LogP contribution in [0.2, 0.25) is 0 Å². The first-order valence-corrected chi connectivity index (χ1v) is 6.02. The molecule has 0 atom stereocenters. The largest absolute Gasteiger partial charge is 0.481 e. The van der Waals surface area contributed by atoms with Crippen LogP contribution < -0.4 is 0 Å². The van der Waals surface area contributed by atoms with Crippen molar-refractivity contribution in [1.29, 1.82) is 0 Å². The molecule has 0 saturated heterocycles. The zero-order chi connectivity index (χ0) is 13.5. The standard InChI is InChI=1S/C14H19NO3/c1-11-5-7-13(8-6-11)10-15(12(2)16)9-3-4-14(17)18/h5-8H,3-4,9-10H2,1-2H3,(H,17,18). The molecule has 0 aromatic heterocycles. The molecule has 1 amide bonds. The Kier molecular flexibility index (Phi) is 5.36. The van der Waals surface area contributed by atoms with Gasteiger partial charge in [-0.3, -0.25) is 9.59 Å². The number of aliphatic carboxylic acids is 1. The van der Waals surface area contributed by atoms with Crippen molar-refractivity contribution < 1.29 is 14.7 Å². The summed E-state index contributed by atoms with van der Waals surface area (Å²) in [4.78, 5) is 23.6. The number of aryl methyl sites for hydroxylation is 1. The molecule has 1 N–H and O–H groups in total.